The summed E-state index contributed by atoms with van der Waals surface area (Å²) in [5.41, 5.74) is 2.33. The van der Waals surface area contributed by atoms with Gasteiger partial charge in [-0.15, -0.1) is 0 Å². The Hall–Kier alpha value is -3.73. The quantitative estimate of drug-likeness (QED) is 0.426. The number of ether oxygens (including phenoxy) is 4. The number of allylic oxidation sites excluding steroid dienone is 1. The van der Waals surface area contributed by atoms with E-state index in [1.807, 2.05) is 48.5 Å². The Balaban J connectivity index is 1.55. The van der Waals surface area contributed by atoms with Crippen LogP contribution in [0.3, 0.4) is 0 Å². The van der Waals surface area contributed by atoms with Crippen LogP contribution in [0.25, 0.3) is 6.08 Å². The first-order valence-corrected chi connectivity index (χ1v) is 9.20. The van der Waals surface area contributed by atoms with Crippen molar-refractivity contribution in [1.29, 1.82) is 0 Å². The zero-order chi connectivity index (χ0) is 20.1. The number of fused-ring (bicyclic) bond motifs is 1. The molecule has 5 heteroatoms. The lowest BCUT2D eigenvalue weighted by Crippen LogP contribution is -2.00. The van der Waals surface area contributed by atoms with Gasteiger partial charge in [0.1, 0.15) is 6.61 Å². The summed E-state index contributed by atoms with van der Waals surface area (Å²) in [6, 6.07) is 20.6. The number of rotatable bonds is 7. The lowest BCUT2D eigenvalue weighted by molar-refractivity contribution is 0.104. The summed E-state index contributed by atoms with van der Waals surface area (Å²) >= 11 is 0. The van der Waals surface area contributed by atoms with Crippen molar-refractivity contribution in [2.45, 2.75) is 6.61 Å². The van der Waals surface area contributed by atoms with Crippen LogP contribution in [0, 0.1) is 0 Å². The van der Waals surface area contributed by atoms with Gasteiger partial charge in [-0.25, -0.2) is 0 Å². The smallest absolute Gasteiger partial charge is 0.231 e. The van der Waals surface area contributed by atoms with Crippen LogP contribution in [0.1, 0.15) is 21.5 Å². The van der Waals surface area contributed by atoms with E-state index in [9.17, 15) is 4.79 Å². The fraction of sp³-hybridized carbons (Fsp3) is 0.125. The van der Waals surface area contributed by atoms with Crippen LogP contribution in [0.2, 0.25) is 0 Å². The Kier molecular flexibility index (Phi) is 5.47. The van der Waals surface area contributed by atoms with E-state index >= 15 is 0 Å². The van der Waals surface area contributed by atoms with Crippen molar-refractivity contribution in [3.8, 4) is 23.0 Å². The van der Waals surface area contributed by atoms with Crippen LogP contribution in [0.15, 0.2) is 72.8 Å². The van der Waals surface area contributed by atoms with Gasteiger partial charge in [-0.1, -0.05) is 42.5 Å². The van der Waals surface area contributed by atoms with E-state index in [4.69, 9.17) is 18.9 Å². The largest absolute Gasteiger partial charge is 0.493 e. The summed E-state index contributed by atoms with van der Waals surface area (Å²) in [5, 5.41) is 0. The zero-order valence-electron chi connectivity index (χ0n) is 16.0. The second-order valence-corrected chi connectivity index (χ2v) is 6.42. The molecule has 4 rings (SSSR count). The standard InChI is InChI=1S/C24H20O5/c1-26-22-9-5-8-18(24(22)27-15-17-6-3-2-4-7-17)10-12-20(25)19-11-13-21-23(14-19)29-16-28-21/h2-14H,15-16H2,1H3/b12-10+. The molecule has 0 atom stereocenters. The second-order valence-electron chi connectivity index (χ2n) is 6.42. The van der Waals surface area contributed by atoms with E-state index in [0.717, 1.165) is 11.1 Å². The average molecular weight is 388 g/mol. The number of hydrogen-bond acceptors (Lipinski definition) is 5. The molecule has 146 valence electrons. The Morgan fingerprint density at radius 2 is 1.83 bits per heavy atom. The number of carbonyl (C=O) groups is 1. The Morgan fingerprint density at radius 3 is 2.66 bits per heavy atom. The molecule has 3 aromatic rings. The minimum Gasteiger partial charge on any atom is -0.493 e. The van der Waals surface area contributed by atoms with Crippen LogP contribution in [-0.4, -0.2) is 19.7 Å². The molecule has 0 spiro atoms. The van der Waals surface area contributed by atoms with Crippen LogP contribution in [0.4, 0.5) is 0 Å². The number of para-hydroxylation sites is 1. The maximum Gasteiger partial charge on any atom is 0.231 e. The maximum absolute atomic E-state index is 12.6. The maximum atomic E-state index is 12.6. The van der Waals surface area contributed by atoms with Crippen molar-refractivity contribution in [2.75, 3.05) is 13.9 Å². The van der Waals surface area contributed by atoms with Crippen LogP contribution in [0.5, 0.6) is 23.0 Å². The van der Waals surface area contributed by atoms with Gasteiger partial charge < -0.3 is 18.9 Å². The lowest BCUT2D eigenvalue weighted by atomic mass is 10.1. The van der Waals surface area contributed by atoms with Crippen LogP contribution < -0.4 is 18.9 Å². The molecule has 5 nitrogen and oxygen atoms in total. The highest BCUT2D eigenvalue weighted by Crippen LogP contribution is 2.34. The van der Waals surface area contributed by atoms with Gasteiger partial charge >= 0.3 is 0 Å². The number of ketones is 1. The van der Waals surface area contributed by atoms with Gasteiger partial charge in [-0.05, 0) is 42.0 Å². The third kappa shape index (κ3) is 4.24. The molecule has 0 saturated carbocycles. The van der Waals surface area contributed by atoms with Crippen molar-refractivity contribution < 1.29 is 23.7 Å². The van der Waals surface area contributed by atoms with E-state index in [0.29, 0.717) is 35.2 Å². The average Bonchev–Trinajstić information content (AvgIpc) is 3.24. The molecule has 3 aromatic carbocycles. The summed E-state index contributed by atoms with van der Waals surface area (Å²) in [5.74, 6) is 2.29. The van der Waals surface area contributed by atoms with E-state index in [1.54, 1.807) is 31.4 Å². The molecule has 0 amide bonds. The third-order valence-electron chi connectivity index (χ3n) is 4.53. The molecule has 1 aliphatic heterocycles. The van der Waals surface area contributed by atoms with Crippen molar-refractivity contribution >= 4 is 11.9 Å². The Bertz CT molecular complexity index is 1040. The minimum atomic E-state index is -0.139. The molecule has 0 bridgehead atoms. The van der Waals surface area contributed by atoms with Crippen LogP contribution in [-0.2, 0) is 6.61 Å². The second kappa shape index (κ2) is 8.52. The molecular formula is C24H20O5. The van der Waals surface area contributed by atoms with Crippen molar-refractivity contribution in [2.24, 2.45) is 0 Å². The molecule has 1 heterocycles. The monoisotopic (exact) mass is 388 g/mol. The van der Waals surface area contributed by atoms with Crippen molar-refractivity contribution in [3.05, 3.63) is 89.5 Å². The highest BCUT2D eigenvalue weighted by Gasteiger charge is 2.15. The Morgan fingerprint density at radius 1 is 1.00 bits per heavy atom. The van der Waals surface area contributed by atoms with Gasteiger partial charge in [0, 0.05) is 11.1 Å². The van der Waals surface area contributed by atoms with Gasteiger partial charge in [0.15, 0.2) is 28.8 Å². The molecule has 0 radical (unpaired) electrons. The topological polar surface area (TPSA) is 54.0 Å². The fourth-order valence-electron chi connectivity index (χ4n) is 3.02. The number of hydrogen-bond donors (Lipinski definition) is 0. The van der Waals surface area contributed by atoms with E-state index in [-0.39, 0.29) is 12.6 Å². The van der Waals surface area contributed by atoms with Gasteiger partial charge in [0.05, 0.1) is 7.11 Å². The summed E-state index contributed by atoms with van der Waals surface area (Å²) in [6.45, 7) is 0.576. The van der Waals surface area contributed by atoms with Gasteiger partial charge in [-0.3, -0.25) is 4.79 Å². The summed E-state index contributed by atoms with van der Waals surface area (Å²) in [4.78, 5) is 12.6. The summed E-state index contributed by atoms with van der Waals surface area (Å²) < 4.78 is 22.1. The van der Waals surface area contributed by atoms with E-state index in [2.05, 4.69) is 0 Å². The van der Waals surface area contributed by atoms with E-state index < -0.39 is 0 Å². The Labute approximate surface area is 169 Å². The SMILES string of the molecule is COc1cccc(/C=C/C(=O)c2ccc3c(c2)OCO3)c1OCc1ccccc1. The molecule has 0 aromatic heterocycles. The molecule has 1 aliphatic rings. The first-order valence-electron chi connectivity index (χ1n) is 9.20. The van der Waals surface area contributed by atoms with Crippen molar-refractivity contribution in [3.63, 3.8) is 0 Å². The van der Waals surface area contributed by atoms with Gasteiger partial charge in [0.2, 0.25) is 6.79 Å². The number of methoxy groups -OCH3 is 1. The number of carbonyl (C=O) groups excluding carboxylic acids is 1. The van der Waals surface area contributed by atoms with Gasteiger partial charge in [0.25, 0.3) is 0 Å². The number of benzene rings is 3. The molecule has 0 N–H and O–H groups in total. The first kappa shape index (κ1) is 18.6. The predicted molar refractivity (Wildman–Crippen MR) is 110 cm³/mol. The highest BCUT2D eigenvalue weighted by atomic mass is 16.7. The molecular weight excluding hydrogens is 368 g/mol. The molecule has 0 fully saturated rings. The minimum absolute atomic E-state index is 0.139. The first-order chi connectivity index (χ1) is 14.2. The normalized spacial score (nSPS) is 12.2. The predicted octanol–water partition coefficient (Wildman–Crippen LogP) is 4.90. The molecule has 0 saturated heterocycles. The molecule has 0 aliphatic carbocycles. The molecule has 29 heavy (non-hydrogen) atoms. The highest BCUT2D eigenvalue weighted by molar-refractivity contribution is 6.07. The third-order valence-corrected chi connectivity index (χ3v) is 4.53. The van der Waals surface area contributed by atoms with E-state index in [1.165, 1.54) is 6.08 Å². The molecule has 0 unspecified atom stereocenters. The fourth-order valence-corrected chi connectivity index (χ4v) is 3.02. The lowest BCUT2D eigenvalue weighted by Gasteiger charge is -2.13. The van der Waals surface area contributed by atoms with Crippen molar-refractivity contribution in [1.82, 2.24) is 0 Å². The summed E-state index contributed by atoms with van der Waals surface area (Å²) in [6.07, 6.45) is 3.25. The zero-order valence-corrected chi connectivity index (χ0v) is 16.0. The van der Waals surface area contributed by atoms with Crippen LogP contribution >= 0.6 is 0 Å². The van der Waals surface area contributed by atoms with Gasteiger partial charge in [-0.2, -0.15) is 0 Å². The summed E-state index contributed by atoms with van der Waals surface area (Å²) in [7, 11) is 1.59.